The lowest BCUT2D eigenvalue weighted by molar-refractivity contribution is 0.0696. The molecule has 0 bridgehead atoms. The summed E-state index contributed by atoms with van der Waals surface area (Å²) in [5, 5.41) is 11.6. The Hall–Kier alpha value is -2.53. The van der Waals surface area contributed by atoms with Gasteiger partial charge in [-0.05, 0) is 37.3 Å². The van der Waals surface area contributed by atoms with Gasteiger partial charge in [-0.25, -0.2) is 4.79 Å². The predicted molar refractivity (Wildman–Crippen MR) is 82.0 cm³/mol. The van der Waals surface area contributed by atoms with Gasteiger partial charge in [0.1, 0.15) is 0 Å². The molecule has 0 aromatic heterocycles. The molecular weight excluding hydrogens is 292 g/mol. The van der Waals surface area contributed by atoms with Crippen molar-refractivity contribution >= 4 is 34.9 Å². The molecule has 4 N–H and O–H groups in total. The van der Waals surface area contributed by atoms with Gasteiger partial charge in [0.05, 0.1) is 21.8 Å². The Bertz CT molecular complexity index is 729. The molecule has 108 valence electrons. The van der Waals surface area contributed by atoms with Crippen molar-refractivity contribution in [3.8, 4) is 0 Å². The molecule has 0 aliphatic heterocycles. The zero-order valence-corrected chi connectivity index (χ0v) is 11.9. The minimum atomic E-state index is -1.09. The van der Waals surface area contributed by atoms with E-state index in [1.165, 1.54) is 18.2 Å². The van der Waals surface area contributed by atoms with Crippen LogP contribution < -0.4 is 11.1 Å². The first-order chi connectivity index (χ1) is 9.88. The molecule has 21 heavy (non-hydrogen) atoms. The highest BCUT2D eigenvalue weighted by molar-refractivity contribution is 6.34. The quantitative estimate of drug-likeness (QED) is 0.759. The highest BCUT2D eigenvalue weighted by atomic mass is 35.5. The van der Waals surface area contributed by atoms with Crippen LogP contribution in [0.15, 0.2) is 36.4 Å². The van der Waals surface area contributed by atoms with Gasteiger partial charge in [0, 0.05) is 5.69 Å². The molecule has 0 saturated heterocycles. The summed E-state index contributed by atoms with van der Waals surface area (Å²) < 4.78 is 0. The maximum absolute atomic E-state index is 12.2. The highest BCUT2D eigenvalue weighted by Crippen LogP contribution is 2.24. The molecular formula is C15H13ClN2O3. The summed E-state index contributed by atoms with van der Waals surface area (Å²) in [5.41, 5.74) is 7.75. The van der Waals surface area contributed by atoms with E-state index in [9.17, 15) is 9.59 Å². The Morgan fingerprint density at radius 2 is 1.90 bits per heavy atom. The number of benzene rings is 2. The van der Waals surface area contributed by atoms with Gasteiger partial charge in [0.25, 0.3) is 5.91 Å². The fourth-order valence-corrected chi connectivity index (χ4v) is 2.03. The van der Waals surface area contributed by atoms with E-state index in [-0.39, 0.29) is 10.6 Å². The van der Waals surface area contributed by atoms with E-state index in [1.54, 1.807) is 18.2 Å². The van der Waals surface area contributed by atoms with Crippen molar-refractivity contribution in [2.75, 3.05) is 11.1 Å². The zero-order valence-electron chi connectivity index (χ0n) is 11.2. The SMILES string of the molecule is Cc1ccc(N)c(C(=O)Nc2ccc(C(=O)O)cc2Cl)c1. The largest absolute Gasteiger partial charge is 0.478 e. The molecule has 0 aliphatic carbocycles. The van der Waals surface area contributed by atoms with E-state index < -0.39 is 11.9 Å². The molecule has 0 fully saturated rings. The van der Waals surface area contributed by atoms with E-state index >= 15 is 0 Å². The van der Waals surface area contributed by atoms with E-state index in [0.29, 0.717) is 16.9 Å². The van der Waals surface area contributed by atoms with Crippen LogP contribution in [0.25, 0.3) is 0 Å². The Balaban J connectivity index is 2.27. The molecule has 2 aromatic rings. The first-order valence-corrected chi connectivity index (χ1v) is 6.46. The molecule has 0 spiro atoms. The van der Waals surface area contributed by atoms with Gasteiger partial charge < -0.3 is 16.2 Å². The standard InChI is InChI=1S/C15H13ClN2O3/c1-8-2-4-12(17)10(6-8)14(19)18-13-5-3-9(15(20)21)7-11(13)16/h2-7H,17H2,1H3,(H,18,19)(H,20,21). The Morgan fingerprint density at radius 3 is 2.52 bits per heavy atom. The van der Waals surface area contributed by atoms with Gasteiger partial charge in [-0.1, -0.05) is 23.2 Å². The Morgan fingerprint density at radius 1 is 1.19 bits per heavy atom. The number of nitrogen functional groups attached to an aromatic ring is 1. The van der Waals surface area contributed by atoms with E-state index in [1.807, 2.05) is 6.92 Å². The number of halogens is 1. The number of anilines is 2. The minimum Gasteiger partial charge on any atom is -0.478 e. The second-order valence-electron chi connectivity index (χ2n) is 4.54. The second-order valence-corrected chi connectivity index (χ2v) is 4.95. The Labute approximate surface area is 126 Å². The van der Waals surface area contributed by atoms with Gasteiger partial charge >= 0.3 is 5.97 Å². The fourth-order valence-electron chi connectivity index (χ4n) is 1.81. The van der Waals surface area contributed by atoms with Crippen molar-refractivity contribution < 1.29 is 14.7 Å². The summed E-state index contributed by atoms with van der Waals surface area (Å²) >= 11 is 5.97. The number of hydrogen-bond acceptors (Lipinski definition) is 3. The normalized spacial score (nSPS) is 10.2. The predicted octanol–water partition coefficient (Wildman–Crippen LogP) is 3.18. The monoisotopic (exact) mass is 304 g/mol. The minimum absolute atomic E-state index is 0.0491. The third-order valence-electron chi connectivity index (χ3n) is 2.92. The van der Waals surface area contributed by atoms with Crippen LogP contribution in [-0.4, -0.2) is 17.0 Å². The van der Waals surface area contributed by atoms with Gasteiger partial charge in [-0.3, -0.25) is 4.79 Å². The second kappa shape index (κ2) is 5.85. The van der Waals surface area contributed by atoms with Crippen LogP contribution in [0.5, 0.6) is 0 Å². The van der Waals surface area contributed by atoms with Crippen molar-refractivity contribution in [1.29, 1.82) is 0 Å². The molecule has 0 unspecified atom stereocenters. The Kier molecular flexibility index (Phi) is 4.14. The number of amides is 1. The molecule has 0 saturated carbocycles. The number of aromatic carboxylic acids is 1. The van der Waals surface area contributed by atoms with Crippen LogP contribution >= 0.6 is 11.6 Å². The number of nitrogens with one attached hydrogen (secondary N) is 1. The number of carbonyl (C=O) groups excluding carboxylic acids is 1. The van der Waals surface area contributed by atoms with Crippen molar-refractivity contribution in [2.24, 2.45) is 0 Å². The maximum Gasteiger partial charge on any atom is 0.335 e. The van der Waals surface area contributed by atoms with Crippen LogP contribution in [0, 0.1) is 6.92 Å². The topological polar surface area (TPSA) is 92.4 Å². The number of aryl methyl sites for hydroxylation is 1. The lowest BCUT2D eigenvalue weighted by Crippen LogP contribution is -2.14. The van der Waals surface area contributed by atoms with Gasteiger partial charge in [-0.15, -0.1) is 0 Å². The molecule has 6 heteroatoms. The first kappa shape index (κ1) is 14.9. The van der Waals surface area contributed by atoms with E-state index in [4.69, 9.17) is 22.4 Å². The molecule has 5 nitrogen and oxygen atoms in total. The van der Waals surface area contributed by atoms with E-state index in [0.717, 1.165) is 5.56 Å². The number of rotatable bonds is 3. The number of carbonyl (C=O) groups is 2. The van der Waals surface area contributed by atoms with Crippen molar-refractivity contribution in [2.45, 2.75) is 6.92 Å². The molecule has 0 atom stereocenters. The molecule has 2 rings (SSSR count). The van der Waals surface area contributed by atoms with Crippen LogP contribution in [0.1, 0.15) is 26.3 Å². The van der Waals surface area contributed by atoms with Gasteiger partial charge in [0.2, 0.25) is 0 Å². The summed E-state index contributed by atoms with van der Waals surface area (Å²) in [5.74, 6) is -1.49. The molecule has 0 aliphatic rings. The van der Waals surface area contributed by atoms with Crippen molar-refractivity contribution in [1.82, 2.24) is 0 Å². The molecule has 0 heterocycles. The third kappa shape index (κ3) is 3.32. The zero-order chi connectivity index (χ0) is 15.6. The number of carboxylic acids is 1. The summed E-state index contributed by atoms with van der Waals surface area (Å²) in [6, 6.07) is 9.21. The average Bonchev–Trinajstić information content (AvgIpc) is 2.43. The van der Waals surface area contributed by atoms with E-state index in [2.05, 4.69) is 5.32 Å². The summed E-state index contributed by atoms with van der Waals surface area (Å²) in [6.45, 7) is 1.85. The third-order valence-corrected chi connectivity index (χ3v) is 3.23. The maximum atomic E-state index is 12.2. The number of nitrogens with two attached hydrogens (primary N) is 1. The smallest absolute Gasteiger partial charge is 0.335 e. The van der Waals surface area contributed by atoms with Crippen molar-refractivity contribution in [3.63, 3.8) is 0 Å². The first-order valence-electron chi connectivity index (χ1n) is 6.09. The van der Waals surface area contributed by atoms with Crippen LogP contribution in [0.2, 0.25) is 5.02 Å². The summed E-state index contributed by atoms with van der Waals surface area (Å²) in [7, 11) is 0. The summed E-state index contributed by atoms with van der Waals surface area (Å²) in [4.78, 5) is 23.0. The lowest BCUT2D eigenvalue weighted by atomic mass is 10.1. The van der Waals surface area contributed by atoms with Crippen LogP contribution in [0.3, 0.4) is 0 Å². The van der Waals surface area contributed by atoms with Crippen LogP contribution in [0.4, 0.5) is 11.4 Å². The van der Waals surface area contributed by atoms with Crippen LogP contribution in [-0.2, 0) is 0 Å². The van der Waals surface area contributed by atoms with Gasteiger partial charge in [0.15, 0.2) is 0 Å². The summed E-state index contributed by atoms with van der Waals surface area (Å²) in [6.07, 6.45) is 0. The molecule has 0 radical (unpaired) electrons. The molecule has 1 amide bonds. The number of carboxylic acid groups (broad SMARTS) is 1. The van der Waals surface area contributed by atoms with Gasteiger partial charge in [-0.2, -0.15) is 0 Å². The average molecular weight is 305 g/mol. The van der Waals surface area contributed by atoms with Crippen molar-refractivity contribution in [3.05, 3.63) is 58.1 Å². The highest BCUT2D eigenvalue weighted by Gasteiger charge is 2.13. The molecule has 2 aromatic carbocycles. The number of hydrogen-bond donors (Lipinski definition) is 3. The fraction of sp³-hybridized carbons (Fsp3) is 0.0667. The lowest BCUT2D eigenvalue weighted by Gasteiger charge is -2.10.